The standard InChI is InChI=1S/C36H50FN3O4/c1-6-23(2)20-24(3)34(42)40-32(21-27-13-15-29(37)16-14-27)35(43)38-19-9-11-28-10-7-8-12-33(28)44-25(4)22-39-36(26(5)41)30-17-18-31(30)36/h7-8,10,12-16,23-25,30-32,39H,6,9,11,17-22H2,1-5H3,(H,38,43)(H,40,42)/t23?,24-,25+,30?,31?,32?,36?/m0/s1. The summed E-state index contributed by atoms with van der Waals surface area (Å²) < 4.78 is 19.8. The van der Waals surface area contributed by atoms with Gasteiger partial charge in [-0.2, -0.15) is 0 Å². The fraction of sp³-hybridized carbons (Fsp3) is 0.583. The van der Waals surface area contributed by atoms with Crippen molar-refractivity contribution in [3.8, 4) is 5.75 Å². The third-order valence-corrected chi connectivity index (χ3v) is 9.71. The number of rotatable bonds is 18. The Morgan fingerprint density at radius 2 is 1.68 bits per heavy atom. The second-order valence-electron chi connectivity index (χ2n) is 13.1. The number of carbonyl (C=O) groups excluding carboxylic acids is 3. The highest BCUT2D eigenvalue weighted by Crippen LogP contribution is 2.64. The zero-order valence-electron chi connectivity index (χ0n) is 27.0. The first-order chi connectivity index (χ1) is 21.0. The Kier molecular flexibility index (Phi) is 11.6. The van der Waals surface area contributed by atoms with Crippen LogP contribution in [0.25, 0.3) is 0 Å². The molecule has 240 valence electrons. The summed E-state index contributed by atoms with van der Waals surface area (Å²) >= 11 is 0. The van der Waals surface area contributed by atoms with Crippen LogP contribution in [0.4, 0.5) is 4.39 Å². The van der Waals surface area contributed by atoms with Gasteiger partial charge in [-0.3, -0.25) is 14.4 Å². The van der Waals surface area contributed by atoms with Gasteiger partial charge in [0.15, 0.2) is 0 Å². The minimum atomic E-state index is -0.753. The molecule has 3 N–H and O–H groups in total. The van der Waals surface area contributed by atoms with E-state index in [4.69, 9.17) is 4.74 Å². The lowest BCUT2D eigenvalue weighted by molar-refractivity contribution is -0.131. The molecular weight excluding hydrogens is 557 g/mol. The maximum Gasteiger partial charge on any atom is 0.242 e. The summed E-state index contributed by atoms with van der Waals surface area (Å²) in [6.07, 6.45) is 5.57. The molecule has 2 aliphatic rings. The van der Waals surface area contributed by atoms with Crippen LogP contribution in [0.5, 0.6) is 5.75 Å². The van der Waals surface area contributed by atoms with Crippen LogP contribution < -0.4 is 20.7 Å². The molecule has 6 atom stereocenters. The van der Waals surface area contributed by atoms with E-state index in [1.807, 2.05) is 38.1 Å². The van der Waals surface area contributed by atoms with Gasteiger partial charge in [0, 0.05) is 25.4 Å². The van der Waals surface area contributed by atoms with Crippen LogP contribution in [0.1, 0.15) is 77.8 Å². The van der Waals surface area contributed by atoms with Crippen molar-refractivity contribution in [2.75, 3.05) is 13.1 Å². The van der Waals surface area contributed by atoms with Gasteiger partial charge in [0.2, 0.25) is 11.8 Å². The lowest BCUT2D eigenvalue weighted by Gasteiger charge is -2.22. The highest BCUT2D eigenvalue weighted by molar-refractivity contribution is 5.91. The second kappa shape index (κ2) is 15.2. The molecule has 4 unspecified atom stereocenters. The molecule has 2 aromatic rings. The molecular formula is C36H50FN3O4. The first kappa shape index (κ1) is 33.6. The van der Waals surface area contributed by atoms with Crippen molar-refractivity contribution in [1.29, 1.82) is 0 Å². The molecule has 8 heteroatoms. The number of hydrogen-bond donors (Lipinski definition) is 3. The smallest absolute Gasteiger partial charge is 0.242 e. The molecule has 0 aliphatic heterocycles. The Bertz CT molecular complexity index is 1270. The lowest BCUT2D eigenvalue weighted by atomic mass is 9.94. The molecule has 2 aromatic carbocycles. The average molecular weight is 608 g/mol. The van der Waals surface area contributed by atoms with Gasteiger partial charge in [-0.05, 0) is 93.0 Å². The maximum absolute atomic E-state index is 13.5. The predicted octanol–water partition coefficient (Wildman–Crippen LogP) is 5.40. The number of aryl methyl sites for hydroxylation is 1. The average Bonchev–Trinajstić information content (AvgIpc) is 3.48. The van der Waals surface area contributed by atoms with Crippen LogP contribution in [0, 0.1) is 29.5 Å². The van der Waals surface area contributed by atoms with Gasteiger partial charge in [0.05, 0.1) is 5.54 Å². The van der Waals surface area contributed by atoms with E-state index in [1.165, 1.54) is 12.1 Å². The molecule has 2 fully saturated rings. The van der Waals surface area contributed by atoms with Gasteiger partial charge in [-0.1, -0.05) is 57.5 Å². The van der Waals surface area contributed by atoms with Crippen molar-refractivity contribution in [2.45, 2.75) is 97.2 Å². The molecule has 0 spiro atoms. The lowest BCUT2D eigenvalue weighted by Crippen LogP contribution is -2.49. The molecule has 0 radical (unpaired) electrons. The van der Waals surface area contributed by atoms with E-state index in [2.05, 4.69) is 29.8 Å². The molecule has 0 bridgehead atoms. The maximum atomic E-state index is 13.5. The van der Waals surface area contributed by atoms with Crippen molar-refractivity contribution in [1.82, 2.24) is 16.0 Å². The van der Waals surface area contributed by atoms with Crippen molar-refractivity contribution in [2.24, 2.45) is 23.7 Å². The Balaban J connectivity index is 1.28. The molecule has 2 saturated carbocycles. The zero-order valence-corrected chi connectivity index (χ0v) is 27.0. The highest BCUT2D eigenvalue weighted by atomic mass is 19.1. The van der Waals surface area contributed by atoms with Crippen molar-refractivity contribution in [3.63, 3.8) is 0 Å². The van der Waals surface area contributed by atoms with E-state index in [1.54, 1.807) is 19.1 Å². The summed E-state index contributed by atoms with van der Waals surface area (Å²) in [5, 5.41) is 9.48. The topological polar surface area (TPSA) is 96.5 Å². The summed E-state index contributed by atoms with van der Waals surface area (Å²) in [6, 6.07) is 13.2. The number of hydrogen-bond acceptors (Lipinski definition) is 5. The number of benzene rings is 2. The largest absolute Gasteiger partial charge is 0.489 e. The number of para-hydroxylation sites is 1. The van der Waals surface area contributed by atoms with Crippen molar-refractivity contribution in [3.05, 3.63) is 65.5 Å². The zero-order chi connectivity index (χ0) is 31.9. The number of Topliss-reactive ketones (excluding diaryl/α,β-unsaturated/α-hetero) is 1. The fourth-order valence-corrected chi connectivity index (χ4v) is 6.67. The minimum Gasteiger partial charge on any atom is -0.489 e. The number of ketones is 1. The normalized spacial score (nSPS) is 22.9. The van der Waals surface area contributed by atoms with Crippen LogP contribution in [0.15, 0.2) is 48.5 Å². The number of nitrogens with one attached hydrogen (secondary N) is 3. The van der Waals surface area contributed by atoms with Gasteiger partial charge in [-0.25, -0.2) is 4.39 Å². The molecule has 4 rings (SSSR count). The minimum absolute atomic E-state index is 0.106. The quantitative estimate of drug-likeness (QED) is 0.197. The van der Waals surface area contributed by atoms with Gasteiger partial charge >= 0.3 is 0 Å². The van der Waals surface area contributed by atoms with Crippen molar-refractivity contribution < 1.29 is 23.5 Å². The van der Waals surface area contributed by atoms with Gasteiger partial charge in [-0.15, -0.1) is 0 Å². The summed E-state index contributed by atoms with van der Waals surface area (Å²) in [7, 11) is 0. The monoisotopic (exact) mass is 607 g/mol. The molecule has 2 amide bonds. The second-order valence-corrected chi connectivity index (χ2v) is 13.1. The van der Waals surface area contributed by atoms with Crippen LogP contribution in [0.3, 0.4) is 0 Å². The Morgan fingerprint density at radius 3 is 2.32 bits per heavy atom. The Morgan fingerprint density at radius 1 is 1.00 bits per heavy atom. The van der Waals surface area contributed by atoms with E-state index in [9.17, 15) is 18.8 Å². The highest BCUT2D eigenvalue weighted by Gasteiger charge is 2.71. The number of amides is 2. The van der Waals surface area contributed by atoms with E-state index in [0.717, 1.165) is 42.6 Å². The van der Waals surface area contributed by atoms with Crippen molar-refractivity contribution >= 4 is 17.6 Å². The molecule has 2 aliphatic carbocycles. The van der Waals surface area contributed by atoms with Crippen LogP contribution in [0.2, 0.25) is 0 Å². The van der Waals surface area contributed by atoms with Gasteiger partial charge in [0.25, 0.3) is 0 Å². The number of ether oxygens (including phenoxy) is 1. The summed E-state index contributed by atoms with van der Waals surface area (Å²) in [6.45, 7) is 10.9. The van der Waals surface area contributed by atoms with Gasteiger partial charge < -0.3 is 20.7 Å². The van der Waals surface area contributed by atoms with Crippen LogP contribution >= 0.6 is 0 Å². The van der Waals surface area contributed by atoms with E-state index in [-0.39, 0.29) is 47.4 Å². The number of carbonyl (C=O) groups is 3. The molecule has 0 saturated heterocycles. The van der Waals surface area contributed by atoms with E-state index in [0.29, 0.717) is 43.7 Å². The summed E-state index contributed by atoms with van der Waals surface area (Å²) in [4.78, 5) is 38.6. The molecule has 0 aromatic heterocycles. The number of halogens is 1. The third-order valence-electron chi connectivity index (χ3n) is 9.71. The van der Waals surface area contributed by atoms with Crippen LogP contribution in [-0.2, 0) is 27.2 Å². The third kappa shape index (κ3) is 8.26. The Hall–Kier alpha value is -3.26. The van der Waals surface area contributed by atoms with E-state index < -0.39 is 6.04 Å². The molecule has 0 heterocycles. The van der Waals surface area contributed by atoms with Gasteiger partial charge in [0.1, 0.15) is 29.5 Å². The first-order valence-corrected chi connectivity index (χ1v) is 16.4. The molecule has 7 nitrogen and oxygen atoms in total. The fourth-order valence-electron chi connectivity index (χ4n) is 6.67. The van der Waals surface area contributed by atoms with E-state index >= 15 is 0 Å². The first-order valence-electron chi connectivity index (χ1n) is 16.4. The SMILES string of the molecule is CCC(C)C[C@H](C)C(=O)NC(Cc1ccc(F)cc1)C(=O)NCCCc1ccccc1O[C@H](C)CNC1(C(C)=O)C2CCC21. The predicted molar refractivity (Wildman–Crippen MR) is 171 cm³/mol. The molecule has 44 heavy (non-hydrogen) atoms. The summed E-state index contributed by atoms with van der Waals surface area (Å²) in [5.74, 6) is 1.48. The summed E-state index contributed by atoms with van der Waals surface area (Å²) in [5.41, 5.74) is 1.49. The van der Waals surface area contributed by atoms with Crippen LogP contribution in [-0.4, -0.2) is 48.4 Å². The number of fused-ring (bicyclic) bond motifs is 1. The Labute approximate surface area is 262 Å².